The monoisotopic (exact) mass is 407 g/mol. The number of nitro benzene ring substituents is 1. The van der Waals surface area contributed by atoms with Crippen LogP contribution in [-0.2, 0) is 21.2 Å². The molecular weight excluding hydrogens is 389 g/mol. The van der Waals surface area contributed by atoms with Crippen LogP contribution in [0.1, 0.15) is 5.56 Å². The molecule has 0 aromatic heterocycles. The van der Waals surface area contributed by atoms with Gasteiger partial charge >= 0.3 is 0 Å². The average molecular weight is 407 g/mol. The molecule has 3 rings (SSSR count). The summed E-state index contributed by atoms with van der Waals surface area (Å²) in [6, 6.07) is 10.6. The molecule has 148 valence electrons. The first-order chi connectivity index (χ1) is 13.3. The molecule has 0 spiro atoms. The maximum Gasteiger partial charge on any atom is 0.273 e. The molecular formula is C18H18FN3O5S. The Labute approximate surface area is 161 Å². The van der Waals surface area contributed by atoms with Gasteiger partial charge in [0.2, 0.25) is 15.9 Å². The van der Waals surface area contributed by atoms with Crippen molar-refractivity contribution in [3.8, 4) is 0 Å². The van der Waals surface area contributed by atoms with Crippen LogP contribution in [-0.4, -0.2) is 54.6 Å². The van der Waals surface area contributed by atoms with Crippen molar-refractivity contribution >= 4 is 21.6 Å². The summed E-state index contributed by atoms with van der Waals surface area (Å²) in [6.45, 7) is 0.560. The number of nitro groups is 1. The lowest BCUT2D eigenvalue weighted by atomic mass is 10.1. The highest BCUT2D eigenvalue weighted by Gasteiger charge is 2.30. The Morgan fingerprint density at radius 1 is 1.04 bits per heavy atom. The van der Waals surface area contributed by atoms with Gasteiger partial charge in [-0.2, -0.15) is 4.31 Å². The zero-order valence-electron chi connectivity index (χ0n) is 14.8. The Bertz CT molecular complexity index is 987. The minimum atomic E-state index is -3.77. The molecule has 0 atom stereocenters. The minimum absolute atomic E-state index is 0.00594. The number of hydrogen-bond donors (Lipinski definition) is 0. The fourth-order valence-electron chi connectivity index (χ4n) is 3.05. The number of nitrogens with zero attached hydrogens (tertiary/aromatic N) is 3. The van der Waals surface area contributed by atoms with E-state index < -0.39 is 20.8 Å². The fourth-order valence-corrected chi connectivity index (χ4v) is 4.47. The number of carbonyl (C=O) groups excluding carboxylic acids is 1. The molecule has 0 N–H and O–H groups in total. The van der Waals surface area contributed by atoms with E-state index in [0.717, 1.165) is 12.1 Å². The number of rotatable bonds is 5. The normalized spacial score (nSPS) is 15.4. The van der Waals surface area contributed by atoms with E-state index in [2.05, 4.69) is 0 Å². The molecule has 2 aromatic rings. The summed E-state index contributed by atoms with van der Waals surface area (Å²) in [5.74, 6) is -0.822. The molecule has 0 radical (unpaired) electrons. The van der Waals surface area contributed by atoms with Gasteiger partial charge in [0.05, 0.1) is 16.2 Å². The van der Waals surface area contributed by atoms with Crippen molar-refractivity contribution in [2.24, 2.45) is 0 Å². The Hall–Kier alpha value is -2.85. The summed E-state index contributed by atoms with van der Waals surface area (Å²) in [5.41, 5.74) is 0.201. The van der Waals surface area contributed by atoms with Crippen molar-refractivity contribution in [1.82, 2.24) is 9.21 Å². The lowest BCUT2D eigenvalue weighted by molar-refractivity contribution is -0.385. The first kappa shape index (κ1) is 19.9. The van der Waals surface area contributed by atoms with Crippen molar-refractivity contribution in [1.29, 1.82) is 0 Å². The molecule has 1 aliphatic heterocycles. The highest BCUT2D eigenvalue weighted by atomic mass is 32.2. The van der Waals surface area contributed by atoms with E-state index in [1.54, 1.807) is 6.07 Å². The lowest BCUT2D eigenvalue weighted by Crippen LogP contribution is -2.50. The number of para-hydroxylation sites is 1. The molecule has 8 nitrogen and oxygen atoms in total. The second-order valence-corrected chi connectivity index (χ2v) is 8.24. The molecule has 1 saturated heterocycles. The Balaban J connectivity index is 1.64. The summed E-state index contributed by atoms with van der Waals surface area (Å²) < 4.78 is 39.5. The summed E-state index contributed by atoms with van der Waals surface area (Å²) in [4.78, 5) is 24.5. The third kappa shape index (κ3) is 4.18. The zero-order valence-corrected chi connectivity index (χ0v) is 15.6. The van der Waals surface area contributed by atoms with Gasteiger partial charge in [-0.3, -0.25) is 14.9 Å². The van der Waals surface area contributed by atoms with Gasteiger partial charge in [-0.25, -0.2) is 12.8 Å². The van der Waals surface area contributed by atoms with Crippen LogP contribution < -0.4 is 0 Å². The molecule has 0 aliphatic carbocycles. The predicted octanol–water partition coefficient (Wildman–Crippen LogP) is 1.81. The van der Waals surface area contributed by atoms with Gasteiger partial charge in [-0.05, 0) is 24.3 Å². The zero-order chi connectivity index (χ0) is 20.3. The molecule has 10 heteroatoms. The molecule has 0 saturated carbocycles. The average Bonchev–Trinajstić information content (AvgIpc) is 2.68. The van der Waals surface area contributed by atoms with Gasteiger partial charge in [-0.15, -0.1) is 0 Å². The van der Waals surface area contributed by atoms with Crippen LogP contribution in [0.2, 0.25) is 0 Å². The lowest BCUT2D eigenvalue weighted by Gasteiger charge is -2.34. The van der Waals surface area contributed by atoms with Crippen molar-refractivity contribution in [2.45, 2.75) is 11.3 Å². The van der Waals surface area contributed by atoms with Crippen molar-refractivity contribution < 1.29 is 22.5 Å². The van der Waals surface area contributed by atoms with Crippen LogP contribution in [0.3, 0.4) is 0 Å². The number of amides is 1. The van der Waals surface area contributed by atoms with Crippen LogP contribution in [0.25, 0.3) is 0 Å². The van der Waals surface area contributed by atoms with Gasteiger partial charge in [0.15, 0.2) is 0 Å². The van der Waals surface area contributed by atoms with Crippen LogP contribution in [0, 0.1) is 15.9 Å². The third-order valence-corrected chi connectivity index (χ3v) is 6.49. The second kappa shape index (κ2) is 8.03. The Morgan fingerprint density at radius 3 is 2.25 bits per heavy atom. The standard InChI is InChI=1S/C18H18FN3O5S/c19-15-5-7-16(8-6-15)28(26,27)21-11-9-20(10-12-21)18(23)13-14-3-1-2-4-17(14)22(24)25/h1-8H,9-13H2. The van der Waals surface area contributed by atoms with Gasteiger partial charge in [0.1, 0.15) is 5.82 Å². The maximum atomic E-state index is 13.0. The smallest absolute Gasteiger partial charge is 0.273 e. The van der Waals surface area contributed by atoms with Crippen LogP contribution in [0.4, 0.5) is 10.1 Å². The number of halogens is 1. The molecule has 0 bridgehead atoms. The van der Waals surface area contributed by atoms with Gasteiger partial charge < -0.3 is 4.90 Å². The van der Waals surface area contributed by atoms with Crippen LogP contribution in [0.15, 0.2) is 53.4 Å². The van der Waals surface area contributed by atoms with E-state index in [-0.39, 0.29) is 49.1 Å². The highest BCUT2D eigenvalue weighted by molar-refractivity contribution is 7.89. The van der Waals surface area contributed by atoms with Crippen molar-refractivity contribution in [3.63, 3.8) is 0 Å². The van der Waals surface area contributed by atoms with Gasteiger partial charge in [0.25, 0.3) is 5.69 Å². The number of hydrogen-bond acceptors (Lipinski definition) is 5. The van der Waals surface area contributed by atoms with E-state index in [9.17, 15) is 27.7 Å². The van der Waals surface area contributed by atoms with Crippen LogP contribution >= 0.6 is 0 Å². The van der Waals surface area contributed by atoms with E-state index in [4.69, 9.17) is 0 Å². The van der Waals surface area contributed by atoms with Gasteiger partial charge in [-0.1, -0.05) is 18.2 Å². The minimum Gasteiger partial charge on any atom is -0.340 e. The first-order valence-electron chi connectivity index (χ1n) is 8.55. The van der Waals surface area contributed by atoms with Crippen molar-refractivity contribution in [3.05, 3.63) is 70.0 Å². The molecule has 1 amide bonds. The largest absolute Gasteiger partial charge is 0.340 e. The predicted molar refractivity (Wildman–Crippen MR) is 98.5 cm³/mol. The quantitative estimate of drug-likeness (QED) is 0.556. The Kier molecular flexibility index (Phi) is 5.71. The molecule has 1 fully saturated rings. The number of carbonyl (C=O) groups is 1. The Morgan fingerprint density at radius 2 is 1.64 bits per heavy atom. The van der Waals surface area contributed by atoms with E-state index in [0.29, 0.717) is 5.56 Å². The highest BCUT2D eigenvalue weighted by Crippen LogP contribution is 2.21. The van der Waals surface area contributed by atoms with Crippen LogP contribution in [0.5, 0.6) is 0 Å². The number of piperazine rings is 1. The van der Waals surface area contributed by atoms with E-state index >= 15 is 0 Å². The molecule has 0 unspecified atom stereocenters. The first-order valence-corrected chi connectivity index (χ1v) is 9.99. The summed E-state index contributed by atoms with van der Waals surface area (Å²) in [7, 11) is -3.77. The SMILES string of the molecule is O=C(Cc1ccccc1[N+](=O)[O-])N1CCN(S(=O)(=O)c2ccc(F)cc2)CC1. The maximum absolute atomic E-state index is 13.0. The topological polar surface area (TPSA) is 101 Å². The summed E-state index contributed by atoms with van der Waals surface area (Å²) in [5, 5.41) is 11.1. The number of benzene rings is 2. The van der Waals surface area contributed by atoms with E-state index in [1.165, 1.54) is 39.5 Å². The summed E-state index contributed by atoms with van der Waals surface area (Å²) >= 11 is 0. The second-order valence-electron chi connectivity index (χ2n) is 6.30. The summed E-state index contributed by atoms with van der Waals surface area (Å²) in [6.07, 6.45) is -0.123. The molecule has 1 heterocycles. The number of sulfonamides is 1. The fraction of sp³-hybridized carbons (Fsp3) is 0.278. The third-order valence-electron chi connectivity index (χ3n) is 4.57. The molecule has 28 heavy (non-hydrogen) atoms. The van der Waals surface area contributed by atoms with Gasteiger partial charge in [0, 0.05) is 37.8 Å². The van der Waals surface area contributed by atoms with E-state index in [1.807, 2.05) is 0 Å². The molecule has 2 aromatic carbocycles. The molecule has 1 aliphatic rings. The van der Waals surface area contributed by atoms with Crippen molar-refractivity contribution in [2.75, 3.05) is 26.2 Å².